The lowest BCUT2D eigenvalue weighted by molar-refractivity contribution is -0.123. The third kappa shape index (κ3) is 2.67. The lowest BCUT2D eigenvalue weighted by Crippen LogP contribution is -2.48. The normalized spacial score (nSPS) is 18.8. The summed E-state index contributed by atoms with van der Waals surface area (Å²) in [6, 6.07) is 4.22. The molecule has 17 heavy (non-hydrogen) atoms. The van der Waals surface area contributed by atoms with Gasteiger partial charge in [-0.1, -0.05) is 11.6 Å². The number of hydrogen-bond donors (Lipinski definition) is 1. The summed E-state index contributed by atoms with van der Waals surface area (Å²) < 4.78 is 13.5. The molecule has 0 saturated heterocycles. The molecule has 1 saturated carbocycles. The number of benzene rings is 1. The summed E-state index contributed by atoms with van der Waals surface area (Å²) in [4.78, 5) is 12.0. The van der Waals surface area contributed by atoms with Crippen molar-refractivity contribution in [3.63, 3.8) is 0 Å². The molecular weight excluding hydrogens is 241 g/mol. The molecule has 0 aromatic heterocycles. The van der Waals surface area contributed by atoms with Crippen molar-refractivity contribution in [2.75, 3.05) is 0 Å². The Morgan fingerprint density at radius 1 is 1.59 bits per heavy atom. The molecule has 0 aliphatic heterocycles. The van der Waals surface area contributed by atoms with Crippen LogP contribution in [0.15, 0.2) is 18.2 Å². The second-order valence-electron chi connectivity index (χ2n) is 4.89. The molecule has 92 valence electrons. The molecule has 1 aliphatic rings. The lowest BCUT2D eigenvalue weighted by Gasteiger charge is -2.22. The molecule has 2 N–H and O–H groups in total. The van der Waals surface area contributed by atoms with Crippen molar-refractivity contribution in [2.45, 2.75) is 31.7 Å². The third-order valence-corrected chi connectivity index (χ3v) is 3.62. The van der Waals surface area contributed by atoms with Crippen molar-refractivity contribution in [1.82, 2.24) is 0 Å². The molecule has 0 bridgehead atoms. The maximum absolute atomic E-state index is 13.5. The van der Waals surface area contributed by atoms with Crippen LogP contribution < -0.4 is 5.73 Å². The van der Waals surface area contributed by atoms with Gasteiger partial charge in [0.2, 0.25) is 0 Å². The van der Waals surface area contributed by atoms with Crippen LogP contribution in [0.25, 0.3) is 0 Å². The predicted octanol–water partition coefficient (Wildman–Crippen LogP) is 2.72. The summed E-state index contributed by atoms with van der Waals surface area (Å²) in [7, 11) is 0. The van der Waals surface area contributed by atoms with Crippen molar-refractivity contribution >= 4 is 17.4 Å². The number of ketones is 1. The fourth-order valence-corrected chi connectivity index (χ4v) is 2.15. The lowest BCUT2D eigenvalue weighted by atomic mass is 9.88. The number of carbonyl (C=O) groups excluding carboxylic acids is 1. The summed E-state index contributed by atoms with van der Waals surface area (Å²) >= 11 is 5.78. The average Bonchev–Trinajstić information content (AvgIpc) is 3.07. The van der Waals surface area contributed by atoms with E-state index in [2.05, 4.69) is 0 Å². The quantitative estimate of drug-likeness (QED) is 0.899. The molecule has 1 fully saturated rings. The number of hydrogen-bond acceptors (Lipinski definition) is 2. The minimum atomic E-state index is -0.839. The van der Waals surface area contributed by atoms with E-state index in [-0.39, 0.29) is 18.1 Å². The van der Waals surface area contributed by atoms with Crippen LogP contribution in [0.4, 0.5) is 4.39 Å². The average molecular weight is 256 g/mol. The second kappa shape index (κ2) is 4.39. The van der Waals surface area contributed by atoms with E-state index >= 15 is 0 Å². The third-order valence-electron chi connectivity index (χ3n) is 3.39. The summed E-state index contributed by atoms with van der Waals surface area (Å²) in [5.74, 6) is -0.284. The fraction of sp³-hybridized carbons (Fsp3) is 0.462. The first kappa shape index (κ1) is 12.5. The number of rotatable bonds is 4. The first-order valence-corrected chi connectivity index (χ1v) is 6.05. The molecule has 1 aromatic carbocycles. The van der Waals surface area contributed by atoms with E-state index in [0.29, 0.717) is 10.6 Å². The van der Waals surface area contributed by atoms with Gasteiger partial charge in [0, 0.05) is 11.4 Å². The molecule has 0 heterocycles. The number of carbonyl (C=O) groups is 1. The van der Waals surface area contributed by atoms with Gasteiger partial charge in [0.25, 0.3) is 0 Å². The first-order chi connectivity index (χ1) is 7.91. The highest BCUT2D eigenvalue weighted by atomic mass is 35.5. The smallest absolute Gasteiger partial charge is 0.157 e. The number of Topliss-reactive ketones (excluding diaryl/α,β-unsaturated/α-hetero) is 1. The van der Waals surface area contributed by atoms with E-state index in [9.17, 15) is 9.18 Å². The summed E-state index contributed by atoms with van der Waals surface area (Å²) in [5.41, 5.74) is 5.48. The molecule has 0 spiro atoms. The molecule has 4 heteroatoms. The van der Waals surface area contributed by atoms with E-state index in [1.807, 2.05) is 0 Å². The van der Waals surface area contributed by atoms with Gasteiger partial charge in [-0.3, -0.25) is 4.79 Å². The van der Waals surface area contributed by atoms with Crippen molar-refractivity contribution in [2.24, 2.45) is 11.7 Å². The minimum absolute atomic E-state index is 0.00981. The highest BCUT2D eigenvalue weighted by Gasteiger charge is 2.43. The van der Waals surface area contributed by atoms with Crippen molar-refractivity contribution in [3.8, 4) is 0 Å². The molecule has 1 unspecified atom stereocenters. The SMILES string of the molecule is CC(N)(C(=O)Cc1cc(Cl)ccc1F)C1CC1. The van der Waals surface area contributed by atoms with Gasteiger partial charge in [-0.05, 0) is 49.4 Å². The molecule has 1 aromatic rings. The maximum Gasteiger partial charge on any atom is 0.157 e. The predicted molar refractivity (Wildman–Crippen MR) is 65.4 cm³/mol. The molecule has 0 radical (unpaired) electrons. The van der Waals surface area contributed by atoms with Gasteiger partial charge < -0.3 is 5.73 Å². The maximum atomic E-state index is 13.5. The Morgan fingerprint density at radius 3 is 2.82 bits per heavy atom. The van der Waals surface area contributed by atoms with Crippen LogP contribution in [-0.4, -0.2) is 11.3 Å². The molecule has 0 amide bonds. The second-order valence-corrected chi connectivity index (χ2v) is 5.33. The first-order valence-electron chi connectivity index (χ1n) is 5.67. The summed E-state index contributed by atoms with van der Waals surface area (Å²) in [6.45, 7) is 1.73. The Bertz CT molecular complexity index is 455. The van der Waals surface area contributed by atoms with Gasteiger partial charge >= 0.3 is 0 Å². The summed E-state index contributed by atoms with van der Waals surface area (Å²) in [6.07, 6.45) is 1.98. The number of nitrogens with two attached hydrogens (primary N) is 1. The highest BCUT2D eigenvalue weighted by molar-refractivity contribution is 6.30. The Morgan fingerprint density at radius 2 is 2.24 bits per heavy atom. The summed E-state index contributed by atoms with van der Waals surface area (Å²) in [5, 5.41) is 0.430. The highest BCUT2D eigenvalue weighted by Crippen LogP contribution is 2.39. The van der Waals surface area contributed by atoms with Crippen molar-refractivity contribution < 1.29 is 9.18 Å². The minimum Gasteiger partial charge on any atom is -0.319 e. The van der Waals surface area contributed by atoms with Crippen LogP contribution in [0.2, 0.25) is 5.02 Å². The van der Waals surface area contributed by atoms with Gasteiger partial charge in [0.05, 0.1) is 5.54 Å². The Kier molecular flexibility index (Phi) is 3.23. The monoisotopic (exact) mass is 255 g/mol. The fourth-order valence-electron chi connectivity index (χ4n) is 1.95. The van der Waals surface area contributed by atoms with Crippen LogP contribution in [-0.2, 0) is 11.2 Å². The van der Waals surface area contributed by atoms with E-state index in [4.69, 9.17) is 17.3 Å². The van der Waals surface area contributed by atoms with E-state index in [1.54, 1.807) is 6.92 Å². The van der Waals surface area contributed by atoms with Crippen molar-refractivity contribution in [1.29, 1.82) is 0 Å². The standard InChI is InChI=1S/C13H15ClFNO/c1-13(16,9-2-3-9)12(17)7-8-6-10(14)4-5-11(8)15/h4-6,9H,2-3,7,16H2,1H3. The van der Waals surface area contributed by atoms with Crippen molar-refractivity contribution in [3.05, 3.63) is 34.6 Å². The van der Waals surface area contributed by atoms with E-state index < -0.39 is 11.4 Å². The van der Waals surface area contributed by atoms with E-state index in [1.165, 1.54) is 18.2 Å². The molecule has 2 rings (SSSR count). The molecule has 1 atom stereocenters. The van der Waals surface area contributed by atoms with Gasteiger partial charge in [0.15, 0.2) is 5.78 Å². The molecule has 2 nitrogen and oxygen atoms in total. The van der Waals surface area contributed by atoms with Crippen LogP contribution in [0.3, 0.4) is 0 Å². The largest absolute Gasteiger partial charge is 0.319 e. The number of halogens is 2. The van der Waals surface area contributed by atoms with Crippen LogP contribution in [0, 0.1) is 11.7 Å². The Labute approximate surface area is 105 Å². The van der Waals surface area contributed by atoms with Crippen LogP contribution in [0.5, 0.6) is 0 Å². The molecule has 1 aliphatic carbocycles. The van der Waals surface area contributed by atoms with Gasteiger partial charge in [-0.2, -0.15) is 0 Å². The Balaban J connectivity index is 2.15. The van der Waals surface area contributed by atoms with Gasteiger partial charge in [0.1, 0.15) is 5.82 Å². The van der Waals surface area contributed by atoms with Gasteiger partial charge in [-0.25, -0.2) is 4.39 Å². The topological polar surface area (TPSA) is 43.1 Å². The van der Waals surface area contributed by atoms with Gasteiger partial charge in [-0.15, -0.1) is 0 Å². The zero-order chi connectivity index (χ0) is 12.6. The zero-order valence-corrected chi connectivity index (χ0v) is 10.4. The Hall–Kier alpha value is -0.930. The zero-order valence-electron chi connectivity index (χ0n) is 9.67. The van der Waals surface area contributed by atoms with Crippen LogP contribution in [0.1, 0.15) is 25.3 Å². The van der Waals surface area contributed by atoms with E-state index in [0.717, 1.165) is 12.8 Å². The van der Waals surface area contributed by atoms with Crippen LogP contribution >= 0.6 is 11.6 Å². The molecular formula is C13H15ClFNO.